The molecule has 0 radical (unpaired) electrons. The fourth-order valence-corrected chi connectivity index (χ4v) is 1.72. The van der Waals surface area contributed by atoms with Crippen molar-refractivity contribution in [2.45, 2.75) is 39.7 Å². The molecule has 8 nitrogen and oxygen atoms in total. The molecule has 8 heteroatoms. The maximum atomic E-state index is 5.49. The molecule has 120 valence electrons. The van der Waals surface area contributed by atoms with Crippen LogP contribution in [0.15, 0.2) is 0 Å². The second-order valence-electron chi connectivity index (χ2n) is 4.68. The second kappa shape index (κ2) is 9.30. The first kappa shape index (κ1) is 17.4. The number of anilines is 2. The molecule has 1 aromatic heterocycles. The number of hydrogen-bond acceptors (Lipinski definition) is 8. The fourth-order valence-electron chi connectivity index (χ4n) is 1.72. The first-order valence-electron chi connectivity index (χ1n) is 7.27. The second-order valence-corrected chi connectivity index (χ2v) is 4.68. The highest BCUT2D eigenvalue weighted by Gasteiger charge is 2.18. The lowest BCUT2D eigenvalue weighted by Crippen LogP contribution is -2.37. The molecular weight excluding hydrogens is 272 g/mol. The molecule has 1 heterocycles. The number of ether oxygens (including phenoxy) is 2. The Hall–Kier alpha value is -1.67. The number of methoxy groups -OCH3 is 1. The topological polar surface area (TPSA) is 98.4 Å². The summed E-state index contributed by atoms with van der Waals surface area (Å²) in [5.41, 5.74) is 2.45. The van der Waals surface area contributed by atoms with Crippen molar-refractivity contribution in [2.24, 2.45) is 5.84 Å². The van der Waals surface area contributed by atoms with Crippen molar-refractivity contribution >= 4 is 11.9 Å². The summed E-state index contributed by atoms with van der Waals surface area (Å²) in [6, 6.07) is 0.549. The third kappa shape index (κ3) is 5.31. The van der Waals surface area contributed by atoms with Crippen LogP contribution in [0.1, 0.15) is 33.6 Å². The third-order valence-electron chi connectivity index (χ3n) is 3.08. The SMILES string of the molecule is CCCOc1nc(NN)nc(N(CCOC)C(C)CC)n1. The number of rotatable bonds is 10. The van der Waals surface area contributed by atoms with Crippen LogP contribution < -0.4 is 20.9 Å². The summed E-state index contributed by atoms with van der Waals surface area (Å²) >= 11 is 0. The average Bonchev–Trinajstić information content (AvgIpc) is 2.52. The van der Waals surface area contributed by atoms with Crippen LogP contribution in [0.25, 0.3) is 0 Å². The van der Waals surface area contributed by atoms with Crippen molar-refractivity contribution in [3.63, 3.8) is 0 Å². The Bertz CT molecular complexity index is 418. The summed E-state index contributed by atoms with van der Waals surface area (Å²) in [6.07, 6.45) is 1.84. The molecule has 3 N–H and O–H groups in total. The van der Waals surface area contributed by atoms with Gasteiger partial charge in [-0.3, -0.25) is 5.43 Å². The van der Waals surface area contributed by atoms with Gasteiger partial charge in [0, 0.05) is 19.7 Å². The Morgan fingerprint density at radius 3 is 2.57 bits per heavy atom. The maximum Gasteiger partial charge on any atom is 0.323 e. The summed E-state index contributed by atoms with van der Waals surface area (Å²) in [7, 11) is 1.67. The van der Waals surface area contributed by atoms with Crippen LogP contribution >= 0.6 is 0 Å². The Balaban J connectivity index is 3.03. The average molecular weight is 298 g/mol. The van der Waals surface area contributed by atoms with E-state index in [-0.39, 0.29) is 18.0 Å². The van der Waals surface area contributed by atoms with Gasteiger partial charge in [-0.1, -0.05) is 13.8 Å². The van der Waals surface area contributed by atoms with E-state index < -0.39 is 0 Å². The molecule has 0 fully saturated rings. The van der Waals surface area contributed by atoms with Crippen molar-refractivity contribution in [1.29, 1.82) is 0 Å². The normalized spacial score (nSPS) is 12.0. The number of nitrogens with zero attached hydrogens (tertiary/aromatic N) is 4. The standard InChI is InChI=1S/C13H26N6O2/c1-5-8-21-13-16-11(18-14)15-12(17-13)19(7-9-20-4)10(3)6-2/h10H,5-9,14H2,1-4H3,(H,15,16,17,18). The van der Waals surface area contributed by atoms with Crippen LogP contribution in [0, 0.1) is 0 Å². The smallest absolute Gasteiger partial charge is 0.323 e. The summed E-state index contributed by atoms with van der Waals surface area (Å²) < 4.78 is 10.6. The van der Waals surface area contributed by atoms with E-state index in [4.69, 9.17) is 15.3 Å². The highest BCUT2D eigenvalue weighted by Crippen LogP contribution is 2.18. The van der Waals surface area contributed by atoms with Gasteiger partial charge in [0.2, 0.25) is 11.9 Å². The maximum absolute atomic E-state index is 5.49. The molecule has 1 rings (SSSR count). The third-order valence-corrected chi connectivity index (χ3v) is 3.08. The molecular formula is C13H26N6O2. The van der Waals surface area contributed by atoms with Gasteiger partial charge in [0.25, 0.3) is 0 Å². The number of hydrazine groups is 1. The lowest BCUT2D eigenvalue weighted by molar-refractivity contribution is 0.202. The van der Waals surface area contributed by atoms with Gasteiger partial charge in [-0.2, -0.15) is 15.0 Å². The monoisotopic (exact) mass is 298 g/mol. The van der Waals surface area contributed by atoms with Gasteiger partial charge in [0.1, 0.15) is 0 Å². The Labute approximate surface area is 126 Å². The van der Waals surface area contributed by atoms with Crippen molar-refractivity contribution in [1.82, 2.24) is 15.0 Å². The van der Waals surface area contributed by atoms with Crippen LogP contribution in [0.2, 0.25) is 0 Å². The van der Waals surface area contributed by atoms with Crippen LogP contribution in [0.4, 0.5) is 11.9 Å². The number of nitrogens with two attached hydrogens (primary N) is 1. The predicted molar refractivity (Wildman–Crippen MR) is 82.4 cm³/mol. The largest absolute Gasteiger partial charge is 0.463 e. The molecule has 0 saturated carbocycles. The van der Waals surface area contributed by atoms with Gasteiger partial charge < -0.3 is 14.4 Å². The van der Waals surface area contributed by atoms with Gasteiger partial charge in [0.05, 0.1) is 13.2 Å². The number of hydrogen-bond donors (Lipinski definition) is 2. The van der Waals surface area contributed by atoms with Crippen molar-refractivity contribution in [3.8, 4) is 6.01 Å². The van der Waals surface area contributed by atoms with E-state index in [2.05, 4.69) is 39.1 Å². The quantitative estimate of drug-likeness (QED) is 0.491. The van der Waals surface area contributed by atoms with E-state index >= 15 is 0 Å². The predicted octanol–water partition coefficient (Wildman–Crippen LogP) is 1.20. The number of aromatic nitrogens is 3. The van der Waals surface area contributed by atoms with Crippen molar-refractivity contribution < 1.29 is 9.47 Å². The number of nitrogen functional groups attached to an aromatic ring is 1. The molecule has 0 aliphatic carbocycles. The van der Waals surface area contributed by atoms with E-state index in [1.54, 1.807) is 7.11 Å². The van der Waals surface area contributed by atoms with E-state index in [1.807, 2.05) is 6.92 Å². The molecule has 0 amide bonds. The Kier molecular flexibility index (Phi) is 7.70. The van der Waals surface area contributed by atoms with Crippen LogP contribution in [0.5, 0.6) is 6.01 Å². The highest BCUT2D eigenvalue weighted by molar-refractivity contribution is 5.38. The molecule has 0 bridgehead atoms. The Morgan fingerprint density at radius 2 is 2.00 bits per heavy atom. The van der Waals surface area contributed by atoms with Gasteiger partial charge in [0.15, 0.2) is 0 Å². The molecule has 1 atom stereocenters. The molecule has 1 aromatic rings. The summed E-state index contributed by atoms with van der Waals surface area (Å²) in [4.78, 5) is 14.8. The minimum absolute atomic E-state index is 0.271. The lowest BCUT2D eigenvalue weighted by Gasteiger charge is -2.28. The number of nitrogens with one attached hydrogen (secondary N) is 1. The van der Waals surface area contributed by atoms with Gasteiger partial charge >= 0.3 is 6.01 Å². The zero-order chi connectivity index (χ0) is 15.7. The van der Waals surface area contributed by atoms with Crippen LogP contribution in [-0.2, 0) is 4.74 Å². The Morgan fingerprint density at radius 1 is 1.24 bits per heavy atom. The van der Waals surface area contributed by atoms with Crippen molar-refractivity contribution in [2.75, 3.05) is 37.2 Å². The molecule has 21 heavy (non-hydrogen) atoms. The van der Waals surface area contributed by atoms with Crippen LogP contribution in [-0.4, -0.2) is 47.9 Å². The van der Waals surface area contributed by atoms with E-state index in [0.717, 1.165) is 12.8 Å². The van der Waals surface area contributed by atoms with E-state index in [0.29, 0.717) is 25.7 Å². The van der Waals surface area contributed by atoms with Crippen molar-refractivity contribution in [3.05, 3.63) is 0 Å². The molecule has 0 aromatic carbocycles. The lowest BCUT2D eigenvalue weighted by atomic mass is 10.2. The first-order chi connectivity index (χ1) is 10.2. The molecule has 0 saturated heterocycles. The van der Waals surface area contributed by atoms with E-state index in [1.165, 1.54) is 0 Å². The summed E-state index contributed by atoms with van der Waals surface area (Å²) in [5.74, 6) is 6.25. The molecule has 0 spiro atoms. The molecule has 0 aliphatic heterocycles. The van der Waals surface area contributed by atoms with Gasteiger partial charge in [-0.25, -0.2) is 5.84 Å². The first-order valence-corrected chi connectivity index (χ1v) is 7.27. The highest BCUT2D eigenvalue weighted by atomic mass is 16.5. The minimum Gasteiger partial charge on any atom is -0.463 e. The van der Waals surface area contributed by atoms with Crippen LogP contribution in [0.3, 0.4) is 0 Å². The molecule has 1 unspecified atom stereocenters. The molecule has 0 aliphatic rings. The minimum atomic E-state index is 0.271. The van der Waals surface area contributed by atoms with Gasteiger partial charge in [-0.15, -0.1) is 0 Å². The summed E-state index contributed by atoms with van der Waals surface area (Å²) in [5, 5.41) is 0. The van der Waals surface area contributed by atoms with Gasteiger partial charge in [-0.05, 0) is 19.8 Å². The zero-order valence-electron chi connectivity index (χ0n) is 13.3. The fraction of sp³-hybridized carbons (Fsp3) is 0.769. The summed E-state index contributed by atoms with van der Waals surface area (Å²) in [6.45, 7) is 8.08. The van der Waals surface area contributed by atoms with E-state index in [9.17, 15) is 0 Å². The zero-order valence-corrected chi connectivity index (χ0v) is 13.3.